The van der Waals surface area contributed by atoms with Gasteiger partial charge in [0.25, 0.3) is 5.91 Å². The molecule has 2 heterocycles. The molecule has 1 unspecified atom stereocenters. The van der Waals surface area contributed by atoms with Crippen LogP contribution in [-0.4, -0.2) is 42.4 Å². The number of carbonyl (C=O) groups excluding carboxylic acids is 1. The first-order valence-electron chi connectivity index (χ1n) is 9.11. The summed E-state index contributed by atoms with van der Waals surface area (Å²) in [6, 6.07) is 18.0. The number of methoxy groups -OCH3 is 1. The van der Waals surface area contributed by atoms with Crippen molar-refractivity contribution in [2.24, 2.45) is 0 Å². The molecule has 3 aromatic rings. The Labute approximate surface area is 158 Å². The van der Waals surface area contributed by atoms with E-state index in [0.717, 1.165) is 47.9 Å². The molecule has 1 aromatic heterocycles. The van der Waals surface area contributed by atoms with Crippen molar-refractivity contribution in [1.29, 1.82) is 0 Å². The minimum absolute atomic E-state index is 0.109. The second kappa shape index (κ2) is 7.63. The van der Waals surface area contributed by atoms with Gasteiger partial charge < -0.3 is 15.0 Å². The summed E-state index contributed by atoms with van der Waals surface area (Å²) in [5.41, 5.74) is 4.14. The minimum Gasteiger partial charge on any atom is -0.497 e. The Morgan fingerprint density at radius 1 is 1.15 bits per heavy atom. The number of ether oxygens (including phenoxy) is 1. The van der Waals surface area contributed by atoms with Crippen molar-refractivity contribution < 1.29 is 14.4 Å². The number of hydrogen-bond acceptors (Lipinski definition) is 3. The predicted molar refractivity (Wildman–Crippen MR) is 103 cm³/mol. The largest absolute Gasteiger partial charge is 0.497 e. The number of carbonyl (C=O) groups is 1. The fourth-order valence-electron chi connectivity index (χ4n) is 3.42. The number of amides is 1. The van der Waals surface area contributed by atoms with Gasteiger partial charge in [-0.15, -0.1) is 0 Å². The number of para-hydroxylation sites is 1. The van der Waals surface area contributed by atoms with Gasteiger partial charge in [-0.2, -0.15) is 5.10 Å². The Morgan fingerprint density at radius 3 is 2.63 bits per heavy atom. The number of aromatic nitrogens is 2. The van der Waals surface area contributed by atoms with Crippen LogP contribution >= 0.6 is 0 Å². The summed E-state index contributed by atoms with van der Waals surface area (Å²) in [7, 11) is 1.66. The van der Waals surface area contributed by atoms with E-state index >= 15 is 0 Å². The van der Waals surface area contributed by atoms with Crippen LogP contribution in [0.15, 0.2) is 60.8 Å². The second-order valence-corrected chi connectivity index (χ2v) is 6.72. The van der Waals surface area contributed by atoms with Gasteiger partial charge in [-0.3, -0.25) is 4.79 Å². The number of nitrogens with zero attached hydrogens (tertiary/aromatic N) is 2. The number of rotatable bonds is 5. The van der Waals surface area contributed by atoms with E-state index in [2.05, 4.69) is 11.5 Å². The molecule has 0 aliphatic carbocycles. The monoisotopic (exact) mass is 363 g/mol. The highest BCUT2D eigenvalue weighted by Crippen LogP contribution is 2.25. The number of benzene rings is 2. The zero-order valence-electron chi connectivity index (χ0n) is 15.3. The first-order chi connectivity index (χ1) is 13.2. The van der Waals surface area contributed by atoms with Crippen LogP contribution in [-0.2, 0) is 11.3 Å². The number of quaternary nitrogens is 1. The van der Waals surface area contributed by atoms with Gasteiger partial charge in [0.2, 0.25) is 0 Å². The third-order valence-electron chi connectivity index (χ3n) is 4.83. The van der Waals surface area contributed by atoms with Crippen molar-refractivity contribution in [2.75, 3.05) is 26.7 Å². The SMILES string of the molecule is COc1ccc(-c2nn(-c3ccccc3)cc2C[NH+]2CCNC(=O)C2)cc1. The summed E-state index contributed by atoms with van der Waals surface area (Å²) in [6.45, 7) is 2.91. The molecule has 6 heteroatoms. The van der Waals surface area contributed by atoms with Gasteiger partial charge in [-0.25, -0.2) is 4.68 Å². The maximum Gasteiger partial charge on any atom is 0.275 e. The summed E-state index contributed by atoms with van der Waals surface area (Å²) in [6.07, 6.45) is 2.08. The maximum atomic E-state index is 11.7. The standard InChI is InChI=1S/C21H22N4O2/c1-27-19-9-7-16(8-10-19)21-17(13-24-12-11-22-20(26)15-24)14-25(23-21)18-5-3-2-4-6-18/h2-10,14H,11-13,15H2,1H3,(H,22,26)/p+1. The normalized spacial score (nSPS) is 16.8. The lowest BCUT2D eigenvalue weighted by molar-refractivity contribution is -0.907. The van der Waals surface area contributed by atoms with Crippen LogP contribution in [0.5, 0.6) is 5.75 Å². The fraction of sp³-hybridized carbons (Fsp3) is 0.238. The summed E-state index contributed by atoms with van der Waals surface area (Å²) in [4.78, 5) is 13.0. The third kappa shape index (κ3) is 3.85. The average Bonchev–Trinajstić information content (AvgIpc) is 3.12. The molecule has 4 rings (SSSR count). The highest BCUT2D eigenvalue weighted by molar-refractivity contribution is 5.77. The van der Waals surface area contributed by atoms with E-state index in [1.807, 2.05) is 59.3 Å². The van der Waals surface area contributed by atoms with E-state index in [9.17, 15) is 4.79 Å². The number of nitrogens with one attached hydrogen (secondary N) is 2. The fourth-order valence-corrected chi connectivity index (χ4v) is 3.42. The van der Waals surface area contributed by atoms with Gasteiger partial charge >= 0.3 is 0 Å². The quantitative estimate of drug-likeness (QED) is 0.713. The molecule has 0 radical (unpaired) electrons. The van der Waals surface area contributed by atoms with Crippen molar-refractivity contribution >= 4 is 5.91 Å². The summed E-state index contributed by atoms with van der Waals surface area (Å²) >= 11 is 0. The Hall–Kier alpha value is -3.12. The molecule has 1 saturated heterocycles. The molecule has 0 saturated carbocycles. The van der Waals surface area contributed by atoms with E-state index in [-0.39, 0.29) is 5.91 Å². The molecule has 1 aliphatic rings. The van der Waals surface area contributed by atoms with Crippen LogP contribution < -0.4 is 15.0 Å². The zero-order chi connectivity index (χ0) is 18.6. The van der Waals surface area contributed by atoms with Gasteiger partial charge in [0.1, 0.15) is 18.0 Å². The van der Waals surface area contributed by atoms with Crippen molar-refractivity contribution in [2.45, 2.75) is 6.54 Å². The van der Waals surface area contributed by atoms with Crippen LogP contribution in [0.3, 0.4) is 0 Å². The Kier molecular flexibility index (Phi) is 4.89. The second-order valence-electron chi connectivity index (χ2n) is 6.72. The highest BCUT2D eigenvalue weighted by Gasteiger charge is 2.23. The molecule has 0 spiro atoms. The van der Waals surface area contributed by atoms with Gasteiger partial charge in [0.05, 0.1) is 31.5 Å². The lowest BCUT2D eigenvalue weighted by atomic mass is 10.1. The molecule has 1 atom stereocenters. The van der Waals surface area contributed by atoms with Crippen molar-refractivity contribution in [3.05, 3.63) is 66.4 Å². The van der Waals surface area contributed by atoms with E-state index < -0.39 is 0 Å². The molecule has 1 aliphatic heterocycles. The van der Waals surface area contributed by atoms with Crippen molar-refractivity contribution in [1.82, 2.24) is 15.1 Å². The molecule has 0 bridgehead atoms. The lowest BCUT2D eigenvalue weighted by Crippen LogP contribution is -3.14. The Bertz CT molecular complexity index is 919. The van der Waals surface area contributed by atoms with E-state index in [1.165, 1.54) is 4.90 Å². The lowest BCUT2D eigenvalue weighted by Gasteiger charge is -2.23. The Morgan fingerprint density at radius 2 is 1.93 bits per heavy atom. The predicted octanol–water partition coefficient (Wildman–Crippen LogP) is 1.06. The number of hydrogen-bond donors (Lipinski definition) is 2. The topological polar surface area (TPSA) is 60.6 Å². The first-order valence-corrected chi connectivity index (χ1v) is 9.11. The van der Waals surface area contributed by atoms with Crippen LogP contribution in [0.4, 0.5) is 0 Å². The van der Waals surface area contributed by atoms with Crippen molar-refractivity contribution in [3.8, 4) is 22.7 Å². The van der Waals surface area contributed by atoms with E-state index in [1.54, 1.807) is 7.11 Å². The smallest absolute Gasteiger partial charge is 0.275 e. The summed E-state index contributed by atoms with van der Waals surface area (Å²) in [5, 5.41) is 7.75. The highest BCUT2D eigenvalue weighted by atomic mass is 16.5. The van der Waals surface area contributed by atoms with E-state index in [0.29, 0.717) is 6.54 Å². The molecule has 27 heavy (non-hydrogen) atoms. The molecule has 1 fully saturated rings. The van der Waals surface area contributed by atoms with Crippen LogP contribution in [0.1, 0.15) is 5.56 Å². The molecular formula is C21H23N4O2+. The molecule has 6 nitrogen and oxygen atoms in total. The zero-order valence-corrected chi connectivity index (χ0v) is 15.3. The summed E-state index contributed by atoms with van der Waals surface area (Å²) < 4.78 is 7.18. The minimum atomic E-state index is 0.109. The number of piperazine rings is 1. The average molecular weight is 363 g/mol. The summed E-state index contributed by atoms with van der Waals surface area (Å²) in [5.74, 6) is 0.929. The van der Waals surface area contributed by atoms with Crippen LogP contribution in [0.25, 0.3) is 16.9 Å². The van der Waals surface area contributed by atoms with Gasteiger partial charge in [0, 0.05) is 11.8 Å². The van der Waals surface area contributed by atoms with Crippen LogP contribution in [0.2, 0.25) is 0 Å². The molecular weight excluding hydrogens is 340 g/mol. The molecule has 2 aromatic carbocycles. The molecule has 2 N–H and O–H groups in total. The first kappa shape index (κ1) is 17.3. The molecule has 138 valence electrons. The van der Waals surface area contributed by atoms with Crippen molar-refractivity contribution in [3.63, 3.8) is 0 Å². The van der Waals surface area contributed by atoms with E-state index in [4.69, 9.17) is 9.84 Å². The Balaban J connectivity index is 1.70. The van der Waals surface area contributed by atoms with Crippen LogP contribution in [0, 0.1) is 0 Å². The third-order valence-corrected chi connectivity index (χ3v) is 4.83. The van der Waals surface area contributed by atoms with Gasteiger partial charge in [-0.1, -0.05) is 18.2 Å². The van der Waals surface area contributed by atoms with Gasteiger partial charge in [0.15, 0.2) is 6.54 Å². The van der Waals surface area contributed by atoms with Gasteiger partial charge in [-0.05, 0) is 36.4 Å². The molecule has 1 amide bonds. The maximum absolute atomic E-state index is 11.7.